The van der Waals surface area contributed by atoms with Crippen molar-refractivity contribution in [2.75, 3.05) is 25.6 Å². The number of carbonyl (C=O) groups is 2. The first kappa shape index (κ1) is 21.7. The first-order chi connectivity index (χ1) is 14.3. The molecule has 0 bridgehead atoms. The third-order valence-electron chi connectivity index (χ3n) is 4.77. The fraction of sp³-hybridized carbons (Fsp3) is 0.333. The van der Waals surface area contributed by atoms with Crippen LogP contribution in [0.3, 0.4) is 0 Å². The van der Waals surface area contributed by atoms with Crippen molar-refractivity contribution in [1.29, 1.82) is 0 Å². The number of nitrogens with zero attached hydrogens (tertiary/aromatic N) is 2. The van der Waals surface area contributed by atoms with E-state index in [1.807, 2.05) is 31.2 Å². The lowest BCUT2D eigenvalue weighted by atomic mass is 10.1. The van der Waals surface area contributed by atoms with E-state index in [0.717, 1.165) is 16.9 Å². The first-order valence-electron chi connectivity index (χ1n) is 9.38. The van der Waals surface area contributed by atoms with E-state index in [0.29, 0.717) is 26.3 Å². The van der Waals surface area contributed by atoms with Gasteiger partial charge in [-0.2, -0.15) is 0 Å². The summed E-state index contributed by atoms with van der Waals surface area (Å²) in [6.45, 7) is 5.55. The molecule has 3 rings (SSSR count). The molecular formula is C21H23N3O5S. The maximum absolute atomic E-state index is 13.0. The molecule has 9 heteroatoms. The Bertz CT molecular complexity index is 1150. The van der Waals surface area contributed by atoms with Gasteiger partial charge in [0.2, 0.25) is 0 Å². The molecular weight excluding hydrogens is 406 g/mol. The second-order valence-corrected chi connectivity index (χ2v) is 7.80. The number of nitrogens with one attached hydrogen (secondary N) is 1. The van der Waals surface area contributed by atoms with Crippen LogP contribution < -0.4 is 10.9 Å². The number of benzene rings is 1. The Balaban J connectivity index is 1.92. The lowest BCUT2D eigenvalue weighted by Crippen LogP contribution is -2.30. The molecule has 2 heterocycles. The zero-order valence-corrected chi connectivity index (χ0v) is 18.0. The molecule has 1 atom stereocenters. The smallest absolute Gasteiger partial charge is 0.329 e. The van der Waals surface area contributed by atoms with Gasteiger partial charge in [-0.05, 0) is 38.0 Å². The Morgan fingerprint density at radius 1 is 1.23 bits per heavy atom. The number of aryl methyl sites for hydroxylation is 2. The molecule has 0 aliphatic heterocycles. The molecule has 0 radical (unpaired) electrons. The van der Waals surface area contributed by atoms with Gasteiger partial charge in [0, 0.05) is 12.8 Å². The average Bonchev–Trinajstić information content (AvgIpc) is 3.07. The molecule has 158 valence electrons. The van der Waals surface area contributed by atoms with Crippen LogP contribution in [0.25, 0.3) is 10.2 Å². The molecule has 2 aromatic heterocycles. The Morgan fingerprint density at radius 3 is 2.67 bits per heavy atom. The fourth-order valence-corrected chi connectivity index (χ4v) is 4.02. The second kappa shape index (κ2) is 9.19. The molecule has 1 amide bonds. The minimum atomic E-state index is -0.852. The molecule has 0 spiro atoms. The molecule has 30 heavy (non-hydrogen) atoms. The van der Waals surface area contributed by atoms with Gasteiger partial charge in [-0.15, -0.1) is 11.3 Å². The Labute approximate surface area is 177 Å². The molecule has 3 aromatic rings. The van der Waals surface area contributed by atoms with E-state index in [9.17, 15) is 14.4 Å². The van der Waals surface area contributed by atoms with Gasteiger partial charge < -0.3 is 14.8 Å². The highest BCUT2D eigenvalue weighted by atomic mass is 32.1. The van der Waals surface area contributed by atoms with Crippen molar-refractivity contribution in [2.24, 2.45) is 0 Å². The SMILES string of the molecule is COCCOC(=O)[C@@H](C)n1cnc2sc(C(=O)Nc3ccccc3C)c(C)c2c1=O. The summed E-state index contributed by atoms with van der Waals surface area (Å²) in [7, 11) is 1.51. The van der Waals surface area contributed by atoms with E-state index in [1.54, 1.807) is 13.8 Å². The average molecular weight is 429 g/mol. The minimum Gasteiger partial charge on any atom is -0.462 e. The van der Waals surface area contributed by atoms with Gasteiger partial charge in [-0.3, -0.25) is 14.2 Å². The minimum absolute atomic E-state index is 0.102. The fourth-order valence-electron chi connectivity index (χ4n) is 2.98. The van der Waals surface area contributed by atoms with Crippen LogP contribution in [0.4, 0.5) is 5.69 Å². The maximum atomic E-state index is 13.0. The zero-order valence-electron chi connectivity index (χ0n) is 17.2. The largest absolute Gasteiger partial charge is 0.462 e. The highest BCUT2D eigenvalue weighted by molar-refractivity contribution is 7.20. The number of ether oxygens (including phenoxy) is 2. The van der Waals surface area contributed by atoms with Crippen molar-refractivity contribution >= 4 is 39.1 Å². The van der Waals surface area contributed by atoms with Crippen LogP contribution in [-0.2, 0) is 14.3 Å². The van der Waals surface area contributed by atoms with Gasteiger partial charge >= 0.3 is 5.97 Å². The van der Waals surface area contributed by atoms with Gasteiger partial charge in [0.15, 0.2) is 0 Å². The highest BCUT2D eigenvalue weighted by Gasteiger charge is 2.23. The third-order valence-corrected chi connectivity index (χ3v) is 5.96. The summed E-state index contributed by atoms with van der Waals surface area (Å²) < 4.78 is 11.2. The molecule has 0 aliphatic carbocycles. The quantitative estimate of drug-likeness (QED) is 0.458. The van der Waals surface area contributed by atoms with Crippen molar-refractivity contribution in [3.8, 4) is 0 Å². The van der Waals surface area contributed by atoms with Gasteiger partial charge in [0.1, 0.15) is 17.5 Å². The lowest BCUT2D eigenvalue weighted by molar-refractivity contribution is -0.148. The first-order valence-corrected chi connectivity index (χ1v) is 10.2. The number of amides is 1. The van der Waals surface area contributed by atoms with Crippen molar-refractivity contribution in [1.82, 2.24) is 9.55 Å². The van der Waals surface area contributed by atoms with E-state index < -0.39 is 12.0 Å². The predicted octanol–water partition coefficient (Wildman–Crippen LogP) is 3.08. The molecule has 0 unspecified atom stereocenters. The summed E-state index contributed by atoms with van der Waals surface area (Å²) in [5.74, 6) is -0.858. The van der Waals surface area contributed by atoms with Crippen LogP contribution in [0.15, 0.2) is 35.4 Å². The molecule has 1 aromatic carbocycles. The number of hydrogen-bond acceptors (Lipinski definition) is 7. The summed E-state index contributed by atoms with van der Waals surface area (Å²) >= 11 is 1.15. The number of carbonyl (C=O) groups excluding carboxylic acids is 2. The van der Waals surface area contributed by atoms with Crippen LogP contribution >= 0.6 is 11.3 Å². The van der Waals surface area contributed by atoms with Gasteiger partial charge in [-0.25, -0.2) is 9.78 Å². The maximum Gasteiger partial charge on any atom is 0.329 e. The molecule has 0 fully saturated rings. The number of esters is 1. The summed E-state index contributed by atoms with van der Waals surface area (Å²) in [4.78, 5) is 43.2. The molecule has 0 saturated heterocycles. The van der Waals surface area contributed by atoms with Crippen molar-refractivity contribution in [3.05, 3.63) is 57.0 Å². The second-order valence-electron chi connectivity index (χ2n) is 6.80. The van der Waals surface area contributed by atoms with E-state index in [1.165, 1.54) is 18.0 Å². The van der Waals surface area contributed by atoms with E-state index in [2.05, 4.69) is 10.3 Å². The Morgan fingerprint density at radius 2 is 1.97 bits per heavy atom. The topological polar surface area (TPSA) is 99.5 Å². The summed E-state index contributed by atoms with van der Waals surface area (Å²) in [5.41, 5.74) is 1.79. The summed E-state index contributed by atoms with van der Waals surface area (Å²) in [5, 5.41) is 3.21. The molecule has 8 nitrogen and oxygen atoms in total. The van der Waals surface area contributed by atoms with E-state index >= 15 is 0 Å². The van der Waals surface area contributed by atoms with E-state index in [4.69, 9.17) is 9.47 Å². The van der Waals surface area contributed by atoms with Gasteiger partial charge in [0.25, 0.3) is 11.5 Å². The summed E-state index contributed by atoms with van der Waals surface area (Å²) in [6, 6.07) is 6.60. The number of aromatic nitrogens is 2. The number of anilines is 1. The van der Waals surface area contributed by atoms with Crippen molar-refractivity contribution < 1.29 is 19.1 Å². The number of fused-ring (bicyclic) bond motifs is 1. The number of thiophene rings is 1. The monoisotopic (exact) mass is 429 g/mol. The number of methoxy groups -OCH3 is 1. The normalized spacial score (nSPS) is 12.0. The standard InChI is InChI=1S/C21H23N3O5S/c1-12-7-5-6-8-15(12)23-18(25)17-13(2)16-19(30-17)22-11-24(20(16)26)14(3)21(27)29-10-9-28-4/h5-8,11,14H,9-10H2,1-4H3,(H,23,25)/t14-/m1/s1. The summed E-state index contributed by atoms with van der Waals surface area (Å²) in [6.07, 6.45) is 1.31. The number of rotatable bonds is 7. The third kappa shape index (κ3) is 4.27. The molecule has 1 N–H and O–H groups in total. The van der Waals surface area contributed by atoms with E-state index in [-0.39, 0.29) is 24.7 Å². The predicted molar refractivity (Wildman–Crippen MR) is 115 cm³/mol. The highest BCUT2D eigenvalue weighted by Crippen LogP contribution is 2.28. The van der Waals surface area contributed by atoms with Crippen LogP contribution in [0.5, 0.6) is 0 Å². The van der Waals surface area contributed by atoms with Crippen LogP contribution in [0.1, 0.15) is 33.8 Å². The van der Waals surface area contributed by atoms with Crippen LogP contribution in [0.2, 0.25) is 0 Å². The Kier molecular flexibility index (Phi) is 6.63. The van der Waals surface area contributed by atoms with Crippen LogP contribution in [0, 0.1) is 13.8 Å². The number of para-hydroxylation sites is 1. The van der Waals surface area contributed by atoms with Crippen molar-refractivity contribution in [2.45, 2.75) is 26.8 Å². The molecule has 0 aliphatic rings. The Hall–Kier alpha value is -3.04. The lowest BCUT2D eigenvalue weighted by Gasteiger charge is -2.13. The van der Waals surface area contributed by atoms with Crippen LogP contribution in [-0.4, -0.2) is 41.8 Å². The zero-order chi connectivity index (χ0) is 21.8. The van der Waals surface area contributed by atoms with Crippen molar-refractivity contribution in [3.63, 3.8) is 0 Å². The van der Waals surface area contributed by atoms with Gasteiger partial charge in [0.05, 0.1) is 23.2 Å². The molecule has 0 saturated carbocycles. The van der Waals surface area contributed by atoms with Gasteiger partial charge in [-0.1, -0.05) is 18.2 Å². The number of hydrogen-bond donors (Lipinski definition) is 1.